The predicted molar refractivity (Wildman–Crippen MR) is 107 cm³/mol. The second-order valence-electron chi connectivity index (χ2n) is 6.59. The Labute approximate surface area is 175 Å². The van der Waals surface area contributed by atoms with Crippen molar-refractivity contribution < 1.29 is 33.4 Å². The van der Waals surface area contributed by atoms with E-state index >= 15 is 0 Å². The third kappa shape index (κ3) is 5.82. The summed E-state index contributed by atoms with van der Waals surface area (Å²) in [5.41, 5.74) is 0.440. The number of amides is 1. The molecule has 9 nitrogen and oxygen atoms in total. The van der Waals surface area contributed by atoms with E-state index in [0.717, 1.165) is 6.08 Å². The molecule has 0 saturated carbocycles. The molecule has 9 heteroatoms. The summed E-state index contributed by atoms with van der Waals surface area (Å²) in [6.45, 7) is 2.80. The molecule has 1 aromatic rings. The van der Waals surface area contributed by atoms with Crippen molar-refractivity contribution in [1.82, 2.24) is 4.90 Å². The summed E-state index contributed by atoms with van der Waals surface area (Å²) >= 11 is 0. The molecule has 1 saturated heterocycles. The molecule has 1 amide bonds. The van der Waals surface area contributed by atoms with Crippen LogP contribution in [0.5, 0.6) is 0 Å². The number of carbonyl (C=O) groups excluding carboxylic acids is 4. The van der Waals surface area contributed by atoms with Crippen molar-refractivity contribution in [2.75, 3.05) is 39.2 Å². The third-order valence-electron chi connectivity index (χ3n) is 4.62. The van der Waals surface area contributed by atoms with Gasteiger partial charge in [0.1, 0.15) is 5.70 Å². The van der Waals surface area contributed by atoms with Crippen molar-refractivity contribution >= 4 is 29.5 Å². The fourth-order valence-corrected chi connectivity index (χ4v) is 3.14. The zero-order valence-electron chi connectivity index (χ0n) is 17.3. The van der Waals surface area contributed by atoms with E-state index < -0.39 is 11.9 Å². The lowest BCUT2D eigenvalue weighted by Crippen LogP contribution is -2.43. The van der Waals surface area contributed by atoms with Crippen molar-refractivity contribution in [3.63, 3.8) is 0 Å². The number of hydrogen-bond acceptors (Lipinski definition) is 8. The molecule has 2 rings (SSSR count). The van der Waals surface area contributed by atoms with Gasteiger partial charge in [0.25, 0.3) is 5.91 Å². The lowest BCUT2D eigenvalue weighted by Gasteiger charge is -2.32. The van der Waals surface area contributed by atoms with E-state index in [9.17, 15) is 19.2 Å². The van der Waals surface area contributed by atoms with Crippen LogP contribution in [0.15, 0.2) is 36.0 Å². The number of nitrogens with one attached hydrogen (secondary N) is 1. The van der Waals surface area contributed by atoms with Gasteiger partial charge in [0.15, 0.2) is 0 Å². The van der Waals surface area contributed by atoms with Crippen molar-refractivity contribution in [3.05, 3.63) is 41.6 Å². The monoisotopic (exact) mass is 418 g/mol. The van der Waals surface area contributed by atoms with Gasteiger partial charge in [0.05, 0.1) is 44.1 Å². The number of methoxy groups -OCH3 is 2. The number of likely N-dealkylation sites (tertiary alicyclic amines) is 1. The molecule has 0 aromatic heterocycles. The molecule has 1 atom stereocenters. The second kappa shape index (κ2) is 11.0. The minimum atomic E-state index is -0.789. The number of esters is 3. The van der Waals surface area contributed by atoms with E-state index in [2.05, 4.69) is 14.8 Å². The number of ether oxygens (including phenoxy) is 3. The molecular weight excluding hydrogens is 392 g/mol. The van der Waals surface area contributed by atoms with Crippen LogP contribution >= 0.6 is 0 Å². The molecule has 1 N–H and O–H groups in total. The summed E-state index contributed by atoms with van der Waals surface area (Å²) < 4.78 is 14.3. The van der Waals surface area contributed by atoms with Crippen LogP contribution in [-0.4, -0.2) is 62.6 Å². The smallest absolute Gasteiger partial charge is 0.354 e. The maximum atomic E-state index is 13.2. The van der Waals surface area contributed by atoms with E-state index in [-0.39, 0.29) is 30.0 Å². The summed E-state index contributed by atoms with van der Waals surface area (Å²) in [6, 6.07) is 6.58. The Morgan fingerprint density at radius 3 is 2.57 bits per heavy atom. The average Bonchev–Trinajstić information content (AvgIpc) is 2.78. The number of benzene rings is 1. The van der Waals surface area contributed by atoms with E-state index in [1.165, 1.54) is 14.2 Å². The van der Waals surface area contributed by atoms with Crippen LogP contribution in [0.1, 0.15) is 30.1 Å². The number of anilines is 1. The Hall–Kier alpha value is -3.36. The van der Waals surface area contributed by atoms with Crippen LogP contribution in [0.2, 0.25) is 0 Å². The average molecular weight is 418 g/mol. The highest BCUT2D eigenvalue weighted by Gasteiger charge is 2.30. The quantitative estimate of drug-likeness (QED) is 0.405. The Balaban J connectivity index is 2.26. The van der Waals surface area contributed by atoms with Crippen LogP contribution in [0.3, 0.4) is 0 Å². The topological polar surface area (TPSA) is 111 Å². The van der Waals surface area contributed by atoms with Gasteiger partial charge in [-0.25, -0.2) is 9.59 Å². The zero-order chi connectivity index (χ0) is 22.1. The summed E-state index contributed by atoms with van der Waals surface area (Å²) in [5, 5.41) is 2.78. The van der Waals surface area contributed by atoms with E-state index in [4.69, 9.17) is 4.74 Å². The number of hydrogen-bond donors (Lipinski definition) is 1. The molecule has 1 aliphatic rings. The minimum absolute atomic E-state index is 0.173. The highest BCUT2D eigenvalue weighted by molar-refractivity contribution is 6.03. The van der Waals surface area contributed by atoms with Gasteiger partial charge in [0, 0.05) is 13.1 Å². The second-order valence-corrected chi connectivity index (χ2v) is 6.59. The van der Waals surface area contributed by atoms with Gasteiger partial charge in [-0.1, -0.05) is 12.1 Å². The Morgan fingerprint density at radius 2 is 1.90 bits per heavy atom. The minimum Gasteiger partial charge on any atom is -0.466 e. The molecule has 1 unspecified atom stereocenters. The maximum absolute atomic E-state index is 13.2. The van der Waals surface area contributed by atoms with Crippen LogP contribution in [0.25, 0.3) is 0 Å². The van der Waals surface area contributed by atoms with Crippen LogP contribution in [0.4, 0.5) is 5.69 Å². The SMILES string of the molecule is CCOC(=O)C1CCCN(C(=O)c2ccccc2N/C(=C/C(=O)OC)C(=O)OC)C1. The standard InChI is InChI=1S/C21H26N2O7/c1-4-30-20(26)14-8-7-11-23(13-14)19(25)15-9-5-6-10-16(15)22-17(21(27)29-3)12-18(24)28-2/h5-6,9-10,12,14,22H,4,7-8,11,13H2,1-3H3/b17-12+. The molecule has 1 heterocycles. The fourth-order valence-electron chi connectivity index (χ4n) is 3.14. The van der Waals surface area contributed by atoms with Crippen LogP contribution in [0, 0.1) is 5.92 Å². The Kier molecular flexibility index (Phi) is 8.40. The number of nitrogens with zero attached hydrogens (tertiary/aromatic N) is 1. The van der Waals surface area contributed by atoms with Gasteiger partial charge in [-0.05, 0) is 31.9 Å². The van der Waals surface area contributed by atoms with E-state index in [0.29, 0.717) is 37.2 Å². The molecule has 1 aromatic carbocycles. The van der Waals surface area contributed by atoms with Crippen molar-refractivity contribution in [2.24, 2.45) is 5.92 Å². The number of carbonyl (C=O) groups is 4. The molecule has 162 valence electrons. The zero-order valence-corrected chi connectivity index (χ0v) is 17.3. The van der Waals surface area contributed by atoms with E-state index in [1.54, 1.807) is 36.1 Å². The molecular formula is C21H26N2O7. The van der Waals surface area contributed by atoms with Gasteiger partial charge in [-0.15, -0.1) is 0 Å². The number of piperidine rings is 1. The van der Waals surface area contributed by atoms with Gasteiger partial charge in [-0.3, -0.25) is 9.59 Å². The van der Waals surface area contributed by atoms with Crippen molar-refractivity contribution in [3.8, 4) is 0 Å². The first kappa shape index (κ1) is 22.9. The number of para-hydroxylation sites is 1. The fraction of sp³-hybridized carbons (Fsp3) is 0.429. The Bertz CT molecular complexity index is 834. The highest BCUT2D eigenvalue weighted by Crippen LogP contribution is 2.24. The molecule has 0 spiro atoms. The van der Waals surface area contributed by atoms with Gasteiger partial charge >= 0.3 is 17.9 Å². The molecule has 0 aliphatic carbocycles. The van der Waals surface area contributed by atoms with Crippen LogP contribution in [-0.2, 0) is 28.6 Å². The van der Waals surface area contributed by atoms with Crippen LogP contribution < -0.4 is 5.32 Å². The summed E-state index contributed by atoms with van der Waals surface area (Å²) in [4.78, 5) is 50.4. The summed E-state index contributed by atoms with van der Waals surface area (Å²) in [7, 11) is 2.36. The maximum Gasteiger partial charge on any atom is 0.354 e. The first-order chi connectivity index (χ1) is 14.4. The third-order valence-corrected chi connectivity index (χ3v) is 4.62. The molecule has 0 radical (unpaired) electrons. The predicted octanol–water partition coefficient (Wildman–Crippen LogP) is 1.74. The molecule has 0 bridgehead atoms. The summed E-state index contributed by atoms with van der Waals surface area (Å²) in [6.07, 6.45) is 2.29. The first-order valence-electron chi connectivity index (χ1n) is 9.61. The lowest BCUT2D eigenvalue weighted by molar-refractivity contribution is -0.149. The van der Waals surface area contributed by atoms with Gasteiger partial charge in [0.2, 0.25) is 0 Å². The summed E-state index contributed by atoms with van der Waals surface area (Å²) in [5.74, 6) is -2.51. The normalized spacial score (nSPS) is 16.4. The highest BCUT2D eigenvalue weighted by atomic mass is 16.5. The Morgan fingerprint density at radius 1 is 1.17 bits per heavy atom. The van der Waals surface area contributed by atoms with Crippen molar-refractivity contribution in [2.45, 2.75) is 19.8 Å². The first-order valence-corrected chi connectivity index (χ1v) is 9.61. The van der Waals surface area contributed by atoms with E-state index in [1.807, 2.05) is 0 Å². The largest absolute Gasteiger partial charge is 0.466 e. The lowest BCUT2D eigenvalue weighted by atomic mass is 9.97. The number of rotatable bonds is 7. The van der Waals surface area contributed by atoms with Gasteiger partial charge < -0.3 is 24.4 Å². The molecule has 1 aliphatic heterocycles. The molecule has 30 heavy (non-hydrogen) atoms. The molecule has 1 fully saturated rings. The van der Waals surface area contributed by atoms with Gasteiger partial charge in [-0.2, -0.15) is 0 Å². The van der Waals surface area contributed by atoms with Crippen molar-refractivity contribution in [1.29, 1.82) is 0 Å².